The molecule has 7 nitrogen and oxygen atoms in total. The number of rotatable bonds is 8. The number of para-hydroxylation sites is 2. The van der Waals surface area contributed by atoms with Gasteiger partial charge < -0.3 is 14.5 Å². The quantitative estimate of drug-likeness (QED) is 0.442. The molecule has 0 amide bonds. The van der Waals surface area contributed by atoms with E-state index in [1.54, 1.807) is 7.11 Å². The summed E-state index contributed by atoms with van der Waals surface area (Å²) >= 11 is 0. The van der Waals surface area contributed by atoms with Crippen LogP contribution in [0.3, 0.4) is 0 Å². The highest BCUT2D eigenvalue weighted by Gasteiger charge is 2.36. The third-order valence-electron chi connectivity index (χ3n) is 6.66. The molecule has 1 saturated heterocycles. The zero-order chi connectivity index (χ0) is 23.2. The highest BCUT2D eigenvalue weighted by molar-refractivity contribution is 5.46. The van der Waals surface area contributed by atoms with Gasteiger partial charge in [0.15, 0.2) is 6.04 Å². The van der Waals surface area contributed by atoms with Gasteiger partial charge in [-0.2, -0.15) is 0 Å². The molecule has 1 N–H and O–H groups in total. The van der Waals surface area contributed by atoms with Crippen molar-refractivity contribution in [1.29, 1.82) is 0 Å². The summed E-state index contributed by atoms with van der Waals surface area (Å²) in [5.74, 6) is 1.77. The molecule has 0 aliphatic carbocycles. The van der Waals surface area contributed by atoms with Crippen molar-refractivity contribution in [2.24, 2.45) is 0 Å². The van der Waals surface area contributed by atoms with Gasteiger partial charge in [0.25, 0.3) is 0 Å². The maximum atomic E-state index is 5.77. The molecule has 5 rings (SSSR count). The molecule has 0 radical (unpaired) electrons. The first kappa shape index (κ1) is 22.1. The molecule has 0 saturated carbocycles. The van der Waals surface area contributed by atoms with Crippen LogP contribution in [0.4, 0.5) is 5.69 Å². The number of nitrogens with zero attached hydrogens (tertiary/aromatic N) is 5. The number of anilines is 1. The van der Waals surface area contributed by atoms with Crippen molar-refractivity contribution in [3.63, 3.8) is 0 Å². The van der Waals surface area contributed by atoms with Gasteiger partial charge in [-0.25, -0.2) is 4.68 Å². The van der Waals surface area contributed by atoms with Gasteiger partial charge in [0.2, 0.25) is 5.82 Å². The Hall–Kier alpha value is -3.71. The van der Waals surface area contributed by atoms with Crippen molar-refractivity contribution in [2.75, 3.05) is 38.2 Å². The molecule has 174 valence electrons. The minimum Gasteiger partial charge on any atom is -0.496 e. The van der Waals surface area contributed by atoms with Crippen LogP contribution in [-0.4, -0.2) is 53.5 Å². The second-order valence-electron chi connectivity index (χ2n) is 8.65. The van der Waals surface area contributed by atoms with E-state index in [4.69, 9.17) is 4.74 Å². The molecule has 1 aliphatic heterocycles. The normalized spacial score (nSPS) is 15.3. The highest BCUT2D eigenvalue weighted by atomic mass is 16.5. The minimum absolute atomic E-state index is 0.000142. The van der Waals surface area contributed by atoms with Crippen LogP contribution in [0.25, 0.3) is 0 Å². The molecule has 34 heavy (non-hydrogen) atoms. The molecule has 2 heterocycles. The zero-order valence-corrected chi connectivity index (χ0v) is 19.5. The van der Waals surface area contributed by atoms with Crippen LogP contribution in [0.2, 0.25) is 0 Å². The Morgan fingerprint density at radius 3 is 2.29 bits per heavy atom. The number of nitrogens with one attached hydrogen (secondary N) is 1. The molecular weight excluding hydrogens is 424 g/mol. The lowest BCUT2D eigenvalue weighted by Crippen LogP contribution is -3.15. The number of benzene rings is 3. The van der Waals surface area contributed by atoms with Crippen LogP contribution < -0.4 is 14.5 Å². The van der Waals surface area contributed by atoms with Gasteiger partial charge in [0.05, 0.1) is 38.9 Å². The number of hydrogen-bond acceptors (Lipinski definition) is 5. The molecule has 3 aromatic carbocycles. The predicted molar refractivity (Wildman–Crippen MR) is 132 cm³/mol. The van der Waals surface area contributed by atoms with Crippen LogP contribution in [0.1, 0.15) is 23.0 Å². The summed E-state index contributed by atoms with van der Waals surface area (Å²) in [5.41, 5.74) is 3.69. The summed E-state index contributed by atoms with van der Waals surface area (Å²) in [4.78, 5) is 3.91. The van der Waals surface area contributed by atoms with Crippen LogP contribution in [0, 0.1) is 0 Å². The predicted octanol–water partition coefficient (Wildman–Crippen LogP) is 2.42. The molecule has 4 aromatic rings. The van der Waals surface area contributed by atoms with E-state index in [2.05, 4.69) is 87.2 Å². The van der Waals surface area contributed by atoms with Gasteiger partial charge in [-0.1, -0.05) is 60.7 Å². The lowest BCUT2D eigenvalue weighted by Gasteiger charge is -2.37. The van der Waals surface area contributed by atoms with E-state index in [0.29, 0.717) is 0 Å². The summed E-state index contributed by atoms with van der Waals surface area (Å²) in [6, 6.07) is 29.4. The summed E-state index contributed by atoms with van der Waals surface area (Å²) < 4.78 is 7.75. The number of ether oxygens (including phenoxy) is 1. The van der Waals surface area contributed by atoms with E-state index in [1.807, 2.05) is 22.9 Å². The number of piperazine rings is 1. The Bertz CT molecular complexity index is 1170. The molecule has 1 atom stereocenters. The summed E-state index contributed by atoms with van der Waals surface area (Å²) in [7, 11) is 1.73. The third-order valence-corrected chi connectivity index (χ3v) is 6.66. The summed E-state index contributed by atoms with van der Waals surface area (Å²) in [5, 5.41) is 13.0. The Morgan fingerprint density at radius 2 is 1.56 bits per heavy atom. The maximum Gasteiger partial charge on any atom is 0.214 e. The SMILES string of the molecule is COc1ccccc1[C@H](c1nnnn1CCc1ccccc1)[NH+]1CCN(c2ccccc2)CC1. The Balaban J connectivity index is 1.42. The van der Waals surface area contributed by atoms with Crippen LogP contribution in [0.5, 0.6) is 5.75 Å². The molecule has 1 aliphatic rings. The zero-order valence-electron chi connectivity index (χ0n) is 19.5. The smallest absolute Gasteiger partial charge is 0.214 e. The topological polar surface area (TPSA) is 60.5 Å². The monoisotopic (exact) mass is 455 g/mol. The number of tetrazole rings is 1. The summed E-state index contributed by atoms with van der Waals surface area (Å²) in [6.45, 7) is 4.68. The Labute approximate surface area is 200 Å². The number of quaternary nitrogens is 1. The molecule has 0 bridgehead atoms. The Morgan fingerprint density at radius 1 is 0.882 bits per heavy atom. The largest absolute Gasteiger partial charge is 0.496 e. The van der Waals surface area contributed by atoms with Crippen LogP contribution in [0.15, 0.2) is 84.9 Å². The number of methoxy groups -OCH3 is 1. The second-order valence-corrected chi connectivity index (χ2v) is 8.65. The van der Waals surface area contributed by atoms with E-state index in [1.165, 1.54) is 16.2 Å². The molecule has 1 aromatic heterocycles. The highest BCUT2D eigenvalue weighted by Crippen LogP contribution is 2.27. The van der Waals surface area contributed by atoms with Gasteiger partial charge in [-0.05, 0) is 46.7 Å². The van der Waals surface area contributed by atoms with E-state index in [-0.39, 0.29) is 6.04 Å². The lowest BCUT2D eigenvalue weighted by atomic mass is 10.0. The van der Waals surface area contributed by atoms with E-state index >= 15 is 0 Å². The van der Waals surface area contributed by atoms with Crippen molar-refractivity contribution in [1.82, 2.24) is 20.2 Å². The first-order valence-electron chi connectivity index (χ1n) is 11.9. The fourth-order valence-corrected chi connectivity index (χ4v) is 4.88. The van der Waals surface area contributed by atoms with Gasteiger partial charge in [-0.15, -0.1) is 5.10 Å². The average molecular weight is 456 g/mol. The molecule has 1 fully saturated rings. The van der Waals surface area contributed by atoms with E-state index in [0.717, 1.165) is 56.3 Å². The van der Waals surface area contributed by atoms with E-state index in [9.17, 15) is 0 Å². The molecule has 0 spiro atoms. The maximum absolute atomic E-state index is 5.77. The fourth-order valence-electron chi connectivity index (χ4n) is 4.88. The fraction of sp³-hybridized carbons (Fsp3) is 0.296. The minimum atomic E-state index is -0.000142. The van der Waals surface area contributed by atoms with E-state index < -0.39 is 0 Å². The standard InChI is InChI=1S/C27H30N6O/c1-34-25-15-9-8-14-24(25)26(32-20-18-31(19-21-32)23-12-6-3-7-13-23)27-28-29-30-33(27)17-16-22-10-4-2-5-11-22/h2-15,26H,16-21H2,1H3/p+1/t26-/m1/s1. The molecule has 7 heteroatoms. The van der Waals surface area contributed by atoms with Gasteiger partial charge in [0, 0.05) is 12.2 Å². The van der Waals surface area contributed by atoms with Gasteiger partial charge in [-0.3, -0.25) is 0 Å². The summed E-state index contributed by atoms with van der Waals surface area (Å²) in [6.07, 6.45) is 0.884. The van der Waals surface area contributed by atoms with Crippen molar-refractivity contribution in [3.05, 3.63) is 102 Å². The average Bonchev–Trinajstić information content (AvgIpc) is 3.37. The van der Waals surface area contributed by atoms with Crippen LogP contribution >= 0.6 is 0 Å². The Kier molecular flexibility index (Phi) is 6.81. The second kappa shape index (κ2) is 10.5. The van der Waals surface area contributed by atoms with Crippen molar-refractivity contribution in [3.8, 4) is 5.75 Å². The third kappa shape index (κ3) is 4.79. The number of hydrogen-bond donors (Lipinski definition) is 1. The van der Waals surface area contributed by atoms with Crippen LogP contribution in [-0.2, 0) is 13.0 Å². The number of aryl methyl sites for hydroxylation is 2. The number of aromatic nitrogens is 4. The first-order chi connectivity index (χ1) is 16.8. The van der Waals surface area contributed by atoms with Gasteiger partial charge >= 0.3 is 0 Å². The van der Waals surface area contributed by atoms with Gasteiger partial charge in [0.1, 0.15) is 5.75 Å². The first-order valence-corrected chi connectivity index (χ1v) is 11.9. The van der Waals surface area contributed by atoms with Crippen molar-refractivity contribution < 1.29 is 9.64 Å². The lowest BCUT2D eigenvalue weighted by molar-refractivity contribution is -0.927. The van der Waals surface area contributed by atoms with Crippen molar-refractivity contribution in [2.45, 2.75) is 19.0 Å². The van der Waals surface area contributed by atoms with Crippen molar-refractivity contribution >= 4 is 5.69 Å². The molecule has 0 unspecified atom stereocenters. The molecular formula is C27H31N6O+.